The standard InChI is InChI=1S/C13H17FO2/c1-2-8-13(14,10-15)11-16-9-12-6-4-3-5-7-12/h2-7,15H,1,8-11H2/t13-/m1/s1. The van der Waals surface area contributed by atoms with Crippen LogP contribution in [-0.4, -0.2) is 24.0 Å². The molecule has 1 atom stereocenters. The lowest BCUT2D eigenvalue weighted by Crippen LogP contribution is -2.33. The van der Waals surface area contributed by atoms with E-state index in [9.17, 15) is 4.39 Å². The van der Waals surface area contributed by atoms with Crippen LogP contribution in [0.1, 0.15) is 12.0 Å². The zero-order chi connectivity index (χ0) is 11.9. The van der Waals surface area contributed by atoms with Gasteiger partial charge in [0, 0.05) is 6.42 Å². The van der Waals surface area contributed by atoms with Crippen molar-refractivity contribution < 1.29 is 14.2 Å². The molecule has 0 saturated heterocycles. The van der Waals surface area contributed by atoms with Gasteiger partial charge in [-0.25, -0.2) is 4.39 Å². The number of rotatable bonds is 7. The first-order chi connectivity index (χ1) is 7.70. The van der Waals surface area contributed by atoms with Crippen LogP contribution in [0.4, 0.5) is 4.39 Å². The van der Waals surface area contributed by atoms with Crippen LogP contribution >= 0.6 is 0 Å². The first kappa shape index (κ1) is 12.9. The molecule has 0 unspecified atom stereocenters. The lowest BCUT2D eigenvalue weighted by molar-refractivity contribution is -0.0242. The van der Waals surface area contributed by atoms with E-state index in [1.807, 2.05) is 30.3 Å². The lowest BCUT2D eigenvalue weighted by atomic mass is 10.0. The number of alkyl halides is 1. The van der Waals surface area contributed by atoms with Crippen molar-refractivity contribution in [3.05, 3.63) is 48.6 Å². The molecule has 0 bridgehead atoms. The molecular formula is C13H17FO2. The third kappa shape index (κ3) is 4.13. The van der Waals surface area contributed by atoms with Crippen molar-refractivity contribution in [2.24, 2.45) is 0 Å². The van der Waals surface area contributed by atoms with Crippen molar-refractivity contribution in [1.82, 2.24) is 0 Å². The molecule has 0 aliphatic heterocycles. The van der Waals surface area contributed by atoms with Gasteiger partial charge < -0.3 is 9.84 Å². The van der Waals surface area contributed by atoms with Gasteiger partial charge in [0.15, 0.2) is 5.67 Å². The summed E-state index contributed by atoms with van der Waals surface area (Å²) in [7, 11) is 0. The number of aliphatic hydroxyl groups excluding tert-OH is 1. The quantitative estimate of drug-likeness (QED) is 0.721. The zero-order valence-electron chi connectivity index (χ0n) is 9.23. The molecule has 1 aromatic rings. The topological polar surface area (TPSA) is 29.5 Å². The Balaban J connectivity index is 2.36. The van der Waals surface area contributed by atoms with Gasteiger partial charge >= 0.3 is 0 Å². The highest BCUT2D eigenvalue weighted by Gasteiger charge is 2.27. The molecular weight excluding hydrogens is 207 g/mol. The SMILES string of the molecule is C=CC[C@@](F)(CO)COCc1ccccc1. The van der Waals surface area contributed by atoms with Gasteiger partial charge in [0.2, 0.25) is 0 Å². The van der Waals surface area contributed by atoms with Crippen molar-refractivity contribution in [1.29, 1.82) is 0 Å². The van der Waals surface area contributed by atoms with E-state index in [2.05, 4.69) is 6.58 Å². The van der Waals surface area contributed by atoms with Gasteiger partial charge in [-0.05, 0) is 5.56 Å². The Bertz CT molecular complexity index is 313. The van der Waals surface area contributed by atoms with Crippen LogP contribution in [0.25, 0.3) is 0 Å². The lowest BCUT2D eigenvalue weighted by Gasteiger charge is -2.21. The fraction of sp³-hybridized carbons (Fsp3) is 0.385. The molecule has 0 saturated carbocycles. The number of benzene rings is 1. The highest BCUT2D eigenvalue weighted by atomic mass is 19.1. The minimum Gasteiger partial charge on any atom is -0.393 e. The van der Waals surface area contributed by atoms with Crippen LogP contribution in [0.5, 0.6) is 0 Å². The smallest absolute Gasteiger partial charge is 0.160 e. The molecule has 2 nitrogen and oxygen atoms in total. The van der Waals surface area contributed by atoms with Gasteiger partial charge in [0.05, 0.1) is 19.8 Å². The number of aliphatic hydroxyl groups is 1. The second kappa shape index (κ2) is 6.40. The summed E-state index contributed by atoms with van der Waals surface area (Å²) in [6, 6.07) is 9.53. The maximum absolute atomic E-state index is 13.8. The number of hydrogen-bond acceptors (Lipinski definition) is 2. The predicted molar refractivity (Wildman–Crippen MR) is 61.8 cm³/mol. The van der Waals surface area contributed by atoms with Gasteiger partial charge in [-0.15, -0.1) is 6.58 Å². The molecule has 0 fully saturated rings. The Morgan fingerprint density at radius 2 is 2.06 bits per heavy atom. The summed E-state index contributed by atoms with van der Waals surface area (Å²) in [6.45, 7) is 3.14. The van der Waals surface area contributed by atoms with E-state index in [0.29, 0.717) is 6.61 Å². The van der Waals surface area contributed by atoms with Crippen LogP contribution in [0.3, 0.4) is 0 Å². The van der Waals surface area contributed by atoms with E-state index in [-0.39, 0.29) is 13.0 Å². The van der Waals surface area contributed by atoms with E-state index < -0.39 is 12.3 Å². The minimum absolute atomic E-state index is 0.0955. The van der Waals surface area contributed by atoms with Crippen molar-refractivity contribution in [2.45, 2.75) is 18.7 Å². The molecule has 0 heterocycles. The van der Waals surface area contributed by atoms with Crippen LogP contribution in [0.15, 0.2) is 43.0 Å². The van der Waals surface area contributed by atoms with Gasteiger partial charge in [0.25, 0.3) is 0 Å². The van der Waals surface area contributed by atoms with Gasteiger partial charge in [-0.2, -0.15) is 0 Å². The molecule has 1 aromatic carbocycles. The summed E-state index contributed by atoms with van der Waals surface area (Å²) in [5, 5.41) is 8.91. The summed E-state index contributed by atoms with van der Waals surface area (Å²) in [5.74, 6) is 0. The number of allylic oxidation sites excluding steroid dienone is 1. The Labute approximate surface area is 95.4 Å². The molecule has 16 heavy (non-hydrogen) atoms. The molecule has 1 N–H and O–H groups in total. The fourth-order valence-corrected chi connectivity index (χ4v) is 1.35. The number of hydrogen-bond donors (Lipinski definition) is 1. The van der Waals surface area contributed by atoms with E-state index in [1.165, 1.54) is 6.08 Å². The summed E-state index contributed by atoms with van der Waals surface area (Å²) in [4.78, 5) is 0. The largest absolute Gasteiger partial charge is 0.393 e. The van der Waals surface area contributed by atoms with Gasteiger partial charge in [0.1, 0.15) is 0 Å². The van der Waals surface area contributed by atoms with Crippen LogP contribution < -0.4 is 0 Å². The maximum Gasteiger partial charge on any atom is 0.160 e. The van der Waals surface area contributed by atoms with Crippen molar-refractivity contribution >= 4 is 0 Å². The molecule has 0 aliphatic carbocycles. The molecule has 1 rings (SSSR count). The Morgan fingerprint density at radius 3 is 2.62 bits per heavy atom. The van der Waals surface area contributed by atoms with E-state index >= 15 is 0 Å². The second-order valence-electron chi connectivity index (χ2n) is 3.78. The van der Waals surface area contributed by atoms with Crippen molar-refractivity contribution in [2.75, 3.05) is 13.2 Å². The third-order valence-electron chi connectivity index (χ3n) is 2.27. The highest BCUT2D eigenvalue weighted by Crippen LogP contribution is 2.17. The molecule has 0 aromatic heterocycles. The predicted octanol–water partition coefficient (Wildman–Crippen LogP) is 2.48. The van der Waals surface area contributed by atoms with Crippen LogP contribution in [-0.2, 0) is 11.3 Å². The molecule has 0 aliphatic rings. The Kier molecular flexibility index (Phi) is 5.15. The average molecular weight is 224 g/mol. The Morgan fingerprint density at radius 1 is 1.38 bits per heavy atom. The minimum atomic E-state index is -1.71. The zero-order valence-corrected chi connectivity index (χ0v) is 9.23. The molecule has 0 spiro atoms. The van der Waals surface area contributed by atoms with E-state index in [1.54, 1.807) is 0 Å². The first-order valence-corrected chi connectivity index (χ1v) is 5.22. The summed E-state index contributed by atoms with van der Waals surface area (Å²) in [6.07, 6.45) is 1.54. The van der Waals surface area contributed by atoms with Crippen molar-refractivity contribution in [3.8, 4) is 0 Å². The monoisotopic (exact) mass is 224 g/mol. The molecule has 0 radical (unpaired) electrons. The summed E-state index contributed by atoms with van der Waals surface area (Å²) >= 11 is 0. The second-order valence-corrected chi connectivity index (χ2v) is 3.78. The van der Waals surface area contributed by atoms with E-state index in [0.717, 1.165) is 5.56 Å². The van der Waals surface area contributed by atoms with Crippen LogP contribution in [0, 0.1) is 0 Å². The Hall–Kier alpha value is -1.19. The van der Waals surface area contributed by atoms with Gasteiger partial charge in [-0.1, -0.05) is 36.4 Å². The normalized spacial score (nSPS) is 14.4. The molecule has 3 heteroatoms. The van der Waals surface area contributed by atoms with E-state index in [4.69, 9.17) is 9.84 Å². The molecule has 0 amide bonds. The summed E-state index contributed by atoms with van der Waals surface area (Å²) < 4.78 is 19.0. The molecule has 88 valence electrons. The number of ether oxygens (including phenoxy) is 1. The third-order valence-corrected chi connectivity index (χ3v) is 2.27. The number of halogens is 1. The highest BCUT2D eigenvalue weighted by molar-refractivity contribution is 5.13. The van der Waals surface area contributed by atoms with Crippen molar-refractivity contribution in [3.63, 3.8) is 0 Å². The van der Waals surface area contributed by atoms with Crippen LogP contribution in [0.2, 0.25) is 0 Å². The average Bonchev–Trinajstić information content (AvgIpc) is 2.31. The maximum atomic E-state index is 13.8. The fourth-order valence-electron chi connectivity index (χ4n) is 1.35. The summed E-state index contributed by atoms with van der Waals surface area (Å²) in [5.41, 5.74) is -0.724. The first-order valence-electron chi connectivity index (χ1n) is 5.22. The van der Waals surface area contributed by atoms with Gasteiger partial charge in [-0.3, -0.25) is 0 Å².